The van der Waals surface area contributed by atoms with Crippen molar-refractivity contribution in [2.24, 2.45) is 0 Å². The van der Waals surface area contributed by atoms with Gasteiger partial charge in [0.25, 0.3) is 0 Å². The van der Waals surface area contributed by atoms with Gasteiger partial charge in [0.15, 0.2) is 0 Å². The van der Waals surface area contributed by atoms with Gasteiger partial charge in [-0.15, -0.1) is 0 Å². The Balaban J connectivity index is 1.73. The van der Waals surface area contributed by atoms with Crippen LogP contribution in [0.4, 0.5) is 0 Å². The van der Waals surface area contributed by atoms with Gasteiger partial charge in [-0.25, -0.2) is 0 Å². The first-order valence-electron chi connectivity index (χ1n) is 13.1. The van der Waals surface area contributed by atoms with E-state index >= 15 is 0 Å². The molecule has 3 aromatic rings. The smallest absolute Gasteiger partial charge is 0.0252 e. The van der Waals surface area contributed by atoms with Crippen LogP contribution in [0.15, 0.2) is 72.8 Å². The summed E-state index contributed by atoms with van der Waals surface area (Å²) in [5, 5.41) is 0. The van der Waals surface area contributed by atoms with Gasteiger partial charge in [-0.1, -0.05) is 126 Å². The minimum absolute atomic E-state index is 0.137. The highest BCUT2D eigenvalue weighted by Gasteiger charge is 2.42. The minimum atomic E-state index is 0.137. The number of unbranched alkanes of at least 4 members (excludes halogenated alkanes) is 6. The zero-order chi connectivity index (χ0) is 22.9. The molecular weight excluding hydrogens is 396 g/mol. The molecule has 4 rings (SSSR count). The normalized spacial score (nSPS) is 13.2. The second-order valence-corrected chi connectivity index (χ2v) is 9.63. The quantitative estimate of drug-likeness (QED) is 0.220. The maximum atomic E-state index is 3.46. The largest absolute Gasteiger partial charge is 0.0654 e. The monoisotopic (exact) mass is 434 g/mol. The fourth-order valence-electron chi connectivity index (χ4n) is 5.57. The van der Waals surface area contributed by atoms with Gasteiger partial charge in [-0.3, -0.25) is 0 Å². The molecule has 0 unspecified atom stereocenters. The average molecular weight is 435 g/mol. The summed E-state index contributed by atoms with van der Waals surface area (Å²) in [6.07, 6.45) is 13.0. The van der Waals surface area contributed by atoms with Crippen molar-refractivity contribution in [1.82, 2.24) is 0 Å². The molecular formula is C33H38. The highest BCUT2D eigenvalue weighted by atomic mass is 14.4. The topological polar surface area (TPSA) is 0 Å². The molecule has 170 valence electrons. The molecule has 1 aliphatic carbocycles. The van der Waals surface area contributed by atoms with Crippen LogP contribution in [0.3, 0.4) is 0 Å². The van der Waals surface area contributed by atoms with Crippen molar-refractivity contribution in [1.29, 1.82) is 0 Å². The van der Waals surface area contributed by atoms with E-state index in [0.717, 1.165) is 11.1 Å². The van der Waals surface area contributed by atoms with Gasteiger partial charge >= 0.3 is 0 Å². The first-order chi connectivity index (χ1) is 16.3. The predicted octanol–water partition coefficient (Wildman–Crippen LogP) is 9.29. The molecule has 0 N–H and O–H groups in total. The third kappa shape index (κ3) is 5.25. The summed E-state index contributed by atoms with van der Waals surface area (Å²) in [6, 6.07) is 26.5. The van der Waals surface area contributed by atoms with E-state index in [9.17, 15) is 0 Å². The van der Waals surface area contributed by atoms with Crippen LogP contribution in [-0.2, 0) is 5.41 Å². The molecule has 0 nitrogen and oxygen atoms in total. The van der Waals surface area contributed by atoms with E-state index in [1.807, 2.05) is 6.07 Å². The number of fused-ring (bicyclic) bond motifs is 3. The van der Waals surface area contributed by atoms with Gasteiger partial charge in [0, 0.05) is 16.5 Å². The van der Waals surface area contributed by atoms with Crippen molar-refractivity contribution in [3.8, 4) is 23.0 Å². The molecule has 0 fully saturated rings. The molecule has 0 radical (unpaired) electrons. The van der Waals surface area contributed by atoms with Crippen LogP contribution in [0.5, 0.6) is 0 Å². The fourth-order valence-corrected chi connectivity index (χ4v) is 5.57. The number of hydrogen-bond acceptors (Lipinski definition) is 0. The molecule has 0 amide bonds. The summed E-state index contributed by atoms with van der Waals surface area (Å²) < 4.78 is 0. The third-order valence-corrected chi connectivity index (χ3v) is 7.31. The van der Waals surface area contributed by atoms with E-state index in [-0.39, 0.29) is 5.41 Å². The van der Waals surface area contributed by atoms with Gasteiger partial charge in [0.1, 0.15) is 0 Å². The highest BCUT2D eigenvalue weighted by molar-refractivity contribution is 5.81. The molecule has 0 bridgehead atoms. The van der Waals surface area contributed by atoms with Crippen molar-refractivity contribution < 1.29 is 0 Å². The molecule has 0 atom stereocenters. The van der Waals surface area contributed by atoms with Crippen molar-refractivity contribution in [3.05, 3.63) is 95.1 Å². The molecule has 33 heavy (non-hydrogen) atoms. The molecule has 1 aliphatic rings. The molecule has 0 saturated heterocycles. The molecule has 0 spiro atoms. The van der Waals surface area contributed by atoms with Crippen LogP contribution < -0.4 is 0 Å². The van der Waals surface area contributed by atoms with Crippen molar-refractivity contribution in [3.63, 3.8) is 0 Å². The molecule has 0 heteroatoms. The van der Waals surface area contributed by atoms with Gasteiger partial charge in [-0.2, -0.15) is 0 Å². The van der Waals surface area contributed by atoms with Gasteiger partial charge in [-0.05, 0) is 59.4 Å². The van der Waals surface area contributed by atoms with Gasteiger partial charge in [0.05, 0.1) is 0 Å². The first-order valence-corrected chi connectivity index (χ1v) is 13.1. The van der Waals surface area contributed by atoms with E-state index in [0.29, 0.717) is 0 Å². The van der Waals surface area contributed by atoms with Crippen LogP contribution in [0.1, 0.15) is 100 Å². The van der Waals surface area contributed by atoms with Crippen LogP contribution in [0.25, 0.3) is 11.1 Å². The second kappa shape index (κ2) is 11.4. The SMILES string of the molecule is CCCCCCC1(CCCCCC)c2ccccc2-c2ccc(C#Cc3ccccc3)cc21. The summed E-state index contributed by atoms with van der Waals surface area (Å²) in [4.78, 5) is 0. The lowest BCUT2D eigenvalue weighted by Gasteiger charge is -2.33. The van der Waals surface area contributed by atoms with Crippen molar-refractivity contribution in [2.75, 3.05) is 0 Å². The highest BCUT2D eigenvalue weighted by Crippen LogP contribution is 2.54. The van der Waals surface area contributed by atoms with E-state index in [4.69, 9.17) is 0 Å². The first kappa shape index (κ1) is 23.4. The Morgan fingerprint density at radius 1 is 0.545 bits per heavy atom. The lowest BCUT2D eigenvalue weighted by molar-refractivity contribution is 0.401. The van der Waals surface area contributed by atoms with Crippen molar-refractivity contribution in [2.45, 2.75) is 83.5 Å². The Hall–Kier alpha value is -2.78. The molecule has 3 aromatic carbocycles. The second-order valence-electron chi connectivity index (χ2n) is 9.63. The van der Waals surface area contributed by atoms with Crippen LogP contribution in [0.2, 0.25) is 0 Å². The van der Waals surface area contributed by atoms with E-state index in [2.05, 4.69) is 92.4 Å². The fraction of sp³-hybridized carbons (Fsp3) is 0.394. The average Bonchev–Trinajstić information content (AvgIpc) is 3.13. The number of rotatable bonds is 10. The lowest BCUT2D eigenvalue weighted by atomic mass is 9.70. The Kier molecular flexibility index (Phi) is 8.06. The molecule has 0 heterocycles. The molecule has 0 saturated carbocycles. The Morgan fingerprint density at radius 2 is 1.15 bits per heavy atom. The van der Waals surface area contributed by atoms with E-state index in [1.165, 1.54) is 80.9 Å². The summed E-state index contributed by atoms with van der Waals surface area (Å²) in [6.45, 7) is 4.61. The van der Waals surface area contributed by atoms with Crippen molar-refractivity contribution >= 4 is 0 Å². The predicted molar refractivity (Wildman–Crippen MR) is 143 cm³/mol. The van der Waals surface area contributed by atoms with Crippen LogP contribution in [0, 0.1) is 11.8 Å². The molecule has 0 aliphatic heterocycles. The minimum Gasteiger partial charge on any atom is -0.0654 e. The summed E-state index contributed by atoms with van der Waals surface area (Å²) in [7, 11) is 0. The Bertz CT molecular complexity index is 1080. The molecule has 0 aromatic heterocycles. The Labute approximate surface area is 201 Å². The standard InChI is InChI=1S/C33H38/c1-3-5-7-14-24-33(25-15-8-6-4-2)31-19-13-12-18-29(31)30-23-22-28(26-32(30)33)21-20-27-16-10-9-11-17-27/h9-13,16-19,22-23,26H,3-8,14-15,24-25H2,1-2H3. The maximum Gasteiger partial charge on any atom is 0.0252 e. The maximum absolute atomic E-state index is 3.46. The van der Waals surface area contributed by atoms with E-state index in [1.54, 1.807) is 5.56 Å². The lowest BCUT2D eigenvalue weighted by Crippen LogP contribution is -2.25. The zero-order valence-electron chi connectivity index (χ0n) is 20.5. The number of benzene rings is 3. The van der Waals surface area contributed by atoms with E-state index < -0.39 is 0 Å². The van der Waals surface area contributed by atoms with Gasteiger partial charge in [0.2, 0.25) is 0 Å². The summed E-state index contributed by atoms with van der Waals surface area (Å²) in [5.41, 5.74) is 8.31. The third-order valence-electron chi connectivity index (χ3n) is 7.31. The summed E-state index contributed by atoms with van der Waals surface area (Å²) >= 11 is 0. The van der Waals surface area contributed by atoms with Crippen LogP contribution >= 0.6 is 0 Å². The number of hydrogen-bond donors (Lipinski definition) is 0. The Morgan fingerprint density at radius 3 is 1.85 bits per heavy atom. The van der Waals surface area contributed by atoms with Gasteiger partial charge < -0.3 is 0 Å². The van der Waals surface area contributed by atoms with Crippen LogP contribution in [-0.4, -0.2) is 0 Å². The summed E-state index contributed by atoms with van der Waals surface area (Å²) in [5.74, 6) is 6.83. The zero-order valence-corrected chi connectivity index (χ0v) is 20.5.